The SMILES string of the molecule is CCC(O)CCNC(=O)C1CCCN1.Cl. The fraction of sp³-hybridized carbons (Fsp3) is 0.900. The van der Waals surface area contributed by atoms with Gasteiger partial charge in [0.05, 0.1) is 12.1 Å². The van der Waals surface area contributed by atoms with Crippen LogP contribution in [0.4, 0.5) is 0 Å². The van der Waals surface area contributed by atoms with Crippen LogP contribution in [0.1, 0.15) is 32.6 Å². The summed E-state index contributed by atoms with van der Waals surface area (Å²) in [5.74, 6) is 0.0748. The minimum atomic E-state index is -0.285. The van der Waals surface area contributed by atoms with Crippen molar-refractivity contribution in [3.8, 4) is 0 Å². The van der Waals surface area contributed by atoms with Gasteiger partial charge >= 0.3 is 0 Å². The zero-order valence-corrected chi connectivity index (χ0v) is 9.98. The van der Waals surface area contributed by atoms with Gasteiger partial charge in [-0.1, -0.05) is 6.92 Å². The van der Waals surface area contributed by atoms with Crippen molar-refractivity contribution in [3.05, 3.63) is 0 Å². The smallest absolute Gasteiger partial charge is 0.237 e. The highest BCUT2D eigenvalue weighted by Gasteiger charge is 2.21. The third-order valence-corrected chi connectivity index (χ3v) is 2.62. The Balaban J connectivity index is 0.00000196. The van der Waals surface area contributed by atoms with Crippen molar-refractivity contribution in [1.29, 1.82) is 0 Å². The summed E-state index contributed by atoms with van der Waals surface area (Å²) in [7, 11) is 0. The third-order valence-electron chi connectivity index (χ3n) is 2.62. The first kappa shape index (κ1) is 14.7. The first-order valence-corrected chi connectivity index (χ1v) is 5.43. The van der Waals surface area contributed by atoms with E-state index in [2.05, 4.69) is 10.6 Å². The second-order valence-electron chi connectivity index (χ2n) is 3.79. The van der Waals surface area contributed by atoms with E-state index in [0.717, 1.165) is 25.8 Å². The van der Waals surface area contributed by atoms with Gasteiger partial charge in [-0.25, -0.2) is 0 Å². The number of amides is 1. The van der Waals surface area contributed by atoms with Gasteiger partial charge in [-0.3, -0.25) is 4.79 Å². The number of rotatable bonds is 5. The lowest BCUT2D eigenvalue weighted by molar-refractivity contribution is -0.122. The van der Waals surface area contributed by atoms with Crippen LogP contribution in [-0.4, -0.2) is 36.2 Å². The van der Waals surface area contributed by atoms with E-state index in [4.69, 9.17) is 0 Å². The lowest BCUT2D eigenvalue weighted by Crippen LogP contribution is -2.41. The summed E-state index contributed by atoms with van der Waals surface area (Å²) >= 11 is 0. The Labute approximate surface area is 97.2 Å². The zero-order valence-electron chi connectivity index (χ0n) is 9.16. The largest absolute Gasteiger partial charge is 0.393 e. The number of hydrogen-bond donors (Lipinski definition) is 3. The zero-order chi connectivity index (χ0) is 10.4. The molecule has 0 aromatic heterocycles. The van der Waals surface area contributed by atoms with Crippen LogP contribution in [0.25, 0.3) is 0 Å². The van der Waals surface area contributed by atoms with Crippen molar-refractivity contribution < 1.29 is 9.90 Å². The molecule has 1 amide bonds. The molecule has 5 heteroatoms. The molecule has 0 aromatic carbocycles. The summed E-state index contributed by atoms with van der Waals surface area (Å²) in [5, 5.41) is 15.2. The number of hydrogen-bond acceptors (Lipinski definition) is 3. The number of carbonyl (C=O) groups is 1. The van der Waals surface area contributed by atoms with Crippen LogP contribution in [0, 0.1) is 0 Å². The highest BCUT2D eigenvalue weighted by molar-refractivity contribution is 5.85. The van der Waals surface area contributed by atoms with Crippen LogP contribution in [0.2, 0.25) is 0 Å². The van der Waals surface area contributed by atoms with Gasteiger partial charge in [0.25, 0.3) is 0 Å². The average molecular weight is 237 g/mol. The molecule has 0 aliphatic carbocycles. The number of aliphatic hydroxyl groups excluding tert-OH is 1. The van der Waals surface area contributed by atoms with Gasteiger partial charge in [-0.15, -0.1) is 12.4 Å². The van der Waals surface area contributed by atoms with E-state index in [1.54, 1.807) is 0 Å². The molecular weight excluding hydrogens is 216 g/mol. The molecule has 2 unspecified atom stereocenters. The molecule has 2 atom stereocenters. The standard InChI is InChI=1S/C10H20N2O2.ClH/c1-2-8(13)5-7-12-10(14)9-4-3-6-11-9;/h8-9,11,13H,2-7H2,1H3,(H,12,14);1H. The normalized spacial score (nSPS) is 21.9. The molecule has 3 N–H and O–H groups in total. The topological polar surface area (TPSA) is 61.4 Å². The van der Waals surface area contributed by atoms with Gasteiger partial charge in [0.2, 0.25) is 5.91 Å². The van der Waals surface area contributed by atoms with Crippen molar-refractivity contribution in [2.45, 2.75) is 44.8 Å². The van der Waals surface area contributed by atoms with Crippen molar-refractivity contribution in [1.82, 2.24) is 10.6 Å². The lowest BCUT2D eigenvalue weighted by atomic mass is 10.2. The van der Waals surface area contributed by atoms with E-state index >= 15 is 0 Å². The van der Waals surface area contributed by atoms with Gasteiger partial charge in [0, 0.05) is 6.54 Å². The van der Waals surface area contributed by atoms with E-state index in [0.29, 0.717) is 13.0 Å². The quantitative estimate of drug-likeness (QED) is 0.649. The monoisotopic (exact) mass is 236 g/mol. The number of aliphatic hydroxyl groups is 1. The Morgan fingerprint density at radius 1 is 1.67 bits per heavy atom. The lowest BCUT2D eigenvalue weighted by Gasteiger charge is -2.12. The molecule has 0 bridgehead atoms. The predicted octanol–water partition coefficient (Wildman–Crippen LogP) is 0.437. The molecule has 90 valence electrons. The molecule has 0 aromatic rings. The van der Waals surface area contributed by atoms with Crippen LogP contribution in [0.3, 0.4) is 0 Å². The summed E-state index contributed by atoms with van der Waals surface area (Å²) in [6, 6.07) is -0.00577. The van der Waals surface area contributed by atoms with Crippen LogP contribution in [0.15, 0.2) is 0 Å². The Morgan fingerprint density at radius 3 is 2.93 bits per heavy atom. The van der Waals surface area contributed by atoms with Crippen LogP contribution in [0.5, 0.6) is 0 Å². The van der Waals surface area contributed by atoms with E-state index in [1.165, 1.54) is 0 Å². The van der Waals surface area contributed by atoms with E-state index in [1.807, 2.05) is 6.92 Å². The number of carbonyl (C=O) groups excluding carboxylic acids is 1. The molecule has 1 aliphatic heterocycles. The maximum absolute atomic E-state index is 11.5. The molecule has 1 rings (SSSR count). The van der Waals surface area contributed by atoms with E-state index in [9.17, 15) is 9.90 Å². The van der Waals surface area contributed by atoms with Gasteiger partial charge < -0.3 is 15.7 Å². The molecule has 1 saturated heterocycles. The maximum atomic E-state index is 11.5. The number of nitrogens with one attached hydrogen (secondary N) is 2. The molecule has 1 heterocycles. The average Bonchev–Trinajstić information content (AvgIpc) is 2.70. The number of halogens is 1. The van der Waals surface area contributed by atoms with Gasteiger partial charge in [0.15, 0.2) is 0 Å². The molecule has 0 radical (unpaired) electrons. The summed E-state index contributed by atoms with van der Waals surface area (Å²) in [6.07, 6.45) is 3.12. The first-order valence-electron chi connectivity index (χ1n) is 5.43. The summed E-state index contributed by atoms with van der Waals surface area (Å²) in [6.45, 7) is 3.45. The van der Waals surface area contributed by atoms with Crippen LogP contribution in [-0.2, 0) is 4.79 Å². The molecule has 15 heavy (non-hydrogen) atoms. The molecule has 1 fully saturated rings. The van der Waals surface area contributed by atoms with Crippen molar-refractivity contribution in [3.63, 3.8) is 0 Å². The van der Waals surface area contributed by atoms with Crippen LogP contribution < -0.4 is 10.6 Å². The summed E-state index contributed by atoms with van der Waals surface area (Å²) < 4.78 is 0. The van der Waals surface area contributed by atoms with Gasteiger partial charge in [-0.2, -0.15) is 0 Å². The van der Waals surface area contributed by atoms with Crippen molar-refractivity contribution >= 4 is 18.3 Å². The molecule has 0 saturated carbocycles. The molecule has 0 spiro atoms. The Hall–Kier alpha value is -0.320. The van der Waals surface area contributed by atoms with Crippen molar-refractivity contribution in [2.75, 3.05) is 13.1 Å². The van der Waals surface area contributed by atoms with Gasteiger partial charge in [0.1, 0.15) is 0 Å². The molecular formula is C10H21ClN2O2. The van der Waals surface area contributed by atoms with E-state index in [-0.39, 0.29) is 30.5 Å². The Morgan fingerprint density at radius 2 is 2.40 bits per heavy atom. The third kappa shape index (κ3) is 5.35. The highest BCUT2D eigenvalue weighted by atomic mass is 35.5. The highest BCUT2D eigenvalue weighted by Crippen LogP contribution is 2.04. The maximum Gasteiger partial charge on any atom is 0.237 e. The fourth-order valence-electron chi connectivity index (χ4n) is 1.60. The fourth-order valence-corrected chi connectivity index (χ4v) is 1.60. The Bertz CT molecular complexity index is 184. The molecule has 1 aliphatic rings. The minimum Gasteiger partial charge on any atom is -0.393 e. The second-order valence-corrected chi connectivity index (χ2v) is 3.79. The first-order chi connectivity index (χ1) is 6.74. The second kappa shape index (κ2) is 7.91. The van der Waals surface area contributed by atoms with Gasteiger partial charge in [-0.05, 0) is 32.2 Å². The molecule has 4 nitrogen and oxygen atoms in total. The summed E-state index contributed by atoms with van der Waals surface area (Å²) in [5.41, 5.74) is 0. The summed E-state index contributed by atoms with van der Waals surface area (Å²) in [4.78, 5) is 11.5. The van der Waals surface area contributed by atoms with E-state index < -0.39 is 0 Å². The van der Waals surface area contributed by atoms with Crippen molar-refractivity contribution in [2.24, 2.45) is 0 Å². The predicted molar refractivity (Wildman–Crippen MR) is 62.2 cm³/mol. The minimum absolute atomic E-state index is 0. The Kier molecular flexibility index (Phi) is 7.74. The van der Waals surface area contributed by atoms with Crippen LogP contribution >= 0.6 is 12.4 Å².